The Kier molecular flexibility index (Phi) is 4.91. The first-order valence-corrected chi connectivity index (χ1v) is 8.56. The molecule has 1 saturated carbocycles. The van der Waals surface area contributed by atoms with Crippen molar-refractivity contribution in [1.29, 1.82) is 0 Å². The van der Waals surface area contributed by atoms with Crippen LogP contribution in [0.2, 0.25) is 0 Å². The van der Waals surface area contributed by atoms with Crippen LogP contribution in [0.15, 0.2) is 24.3 Å². The third-order valence-electron chi connectivity index (χ3n) is 4.58. The highest BCUT2D eigenvalue weighted by atomic mass is 15.1. The Morgan fingerprint density at radius 3 is 2.67 bits per heavy atom. The van der Waals surface area contributed by atoms with Gasteiger partial charge in [0.2, 0.25) is 0 Å². The van der Waals surface area contributed by atoms with E-state index in [1.54, 1.807) is 0 Å². The van der Waals surface area contributed by atoms with Crippen LogP contribution in [0.4, 0.5) is 0 Å². The van der Waals surface area contributed by atoms with Gasteiger partial charge < -0.3 is 9.88 Å². The smallest absolute Gasteiger partial charge is 0.123 e. The predicted octanol–water partition coefficient (Wildman–Crippen LogP) is 4.26. The molecule has 1 aromatic carbocycles. The van der Waals surface area contributed by atoms with Gasteiger partial charge >= 0.3 is 0 Å². The van der Waals surface area contributed by atoms with Gasteiger partial charge in [-0.05, 0) is 31.4 Å². The fourth-order valence-corrected chi connectivity index (χ4v) is 3.45. The molecule has 0 spiro atoms. The molecule has 0 unspecified atom stereocenters. The molecule has 1 aliphatic carbocycles. The van der Waals surface area contributed by atoms with Gasteiger partial charge in [0.05, 0.1) is 17.6 Å². The number of benzene rings is 1. The minimum absolute atomic E-state index is 0.683. The average molecular weight is 285 g/mol. The number of hydrogen-bond donors (Lipinski definition) is 1. The zero-order valence-electron chi connectivity index (χ0n) is 13.1. The van der Waals surface area contributed by atoms with Crippen molar-refractivity contribution < 1.29 is 0 Å². The molecule has 1 fully saturated rings. The zero-order chi connectivity index (χ0) is 14.5. The maximum atomic E-state index is 4.84. The summed E-state index contributed by atoms with van der Waals surface area (Å²) >= 11 is 0. The van der Waals surface area contributed by atoms with Crippen molar-refractivity contribution in [2.24, 2.45) is 0 Å². The summed E-state index contributed by atoms with van der Waals surface area (Å²) in [7, 11) is 0. The van der Waals surface area contributed by atoms with Crippen LogP contribution in [-0.4, -0.2) is 15.6 Å². The lowest BCUT2D eigenvalue weighted by Gasteiger charge is -2.16. The highest BCUT2D eigenvalue weighted by Gasteiger charge is 2.14. The van der Waals surface area contributed by atoms with E-state index in [1.165, 1.54) is 49.9 Å². The number of nitrogens with one attached hydrogen (secondary N) is 1. The van der Waals surface area contributed by atoms with Gasteiger partial charge in [0.25, 0.3) is 0 Å². The molecule has 0 aliphatic heterocycles. The predicted molar refractivity (Wildman–Crippen MR) is 88.4 cm³/mol. The summed E-state index contributed by atoms with van der Waals surface area (Å²) in [5, 5.41) is 3.75. The first kappa shape index (κ1) is 14.6. The van der Waals surface area contributed by atoms with Crippen LogP contribution in [-0.2, 0) is 13.1 Å². The van der Waals surface area contributed by atoms with Gasteiger partial charge in [0, 0.05) is 12.6 Å². The largest absolute Gasteiger partial charge is 0.327 e. The van der Waals surface area contributed by atoms with E-state index in [1.807, 2.05) is 0 Å². The van der Waals surface area contributed by atoms with Gasteiger partial charge in [-0.1, -0.05) is 44.7 Å². The number of nitrogens with zero attached hydrogens (tertiary/aromatic N) is 2. The number of aromatic nitrogens is 2. The second-order valence-corrected chi connectivity index (χ2v) is 6.24. The molecule has 114 valence electrons. The van der Waals surface area contributed by atoms with Gasteiger partial charge in [0.1, 0.15) is 5.82 Å². The molecular weight excluding hydrogens is 258 g/mol. The van der Waals surface area contributed by atoms with Crippen molar-refractivity contribution in [1.82, 2.24) is 14.9 Å². The van der Waals surface area contributed by atoms with E-state index in [-0.39, 0.29) is 0 Å². The number of aryl methyl sites for hydroxylation is 1. The summed E-state index contributed by atoms with van der Waals surface area (Å²) in [6.45, 7) is 4.19. The SMILES string of the molecule is CCCn1c(CNC2CCCCCC2)nc2ccccc21. The molecule has 2 aromatic rings. The topological polar surface area (TPSA) is 29.9 Å². The van der Waals surface area contributed by atoms with Crippen molar-refractivity contribution >= 4 is 11.0 Å². The number of imidazole rings is 1. The van der Waals surface area contributed by atoms with Gasteiger partial charge in [-0.25, -0.2) is 4.98 Å². The van der Waals surface area contributed by atoms with E-state index in [0.29, 0.717) is 6.04 Å². The lowest BCUT2D eigenvalue weighted by molar-refractivity contribution is 0.446. The molecular formula is C18H27N3. The first-order valence-electron chi connectivity index (χ1n) is 8.56. The second kappa shape index (κ2) is 7.08. The van der Waals surface area contributed by atoms with Crippen LogP contribution in [0.5, 0.6) is 0 Å². The highest BCUT2D eigenvalue weighted by molar-refractivity contribution is 5.75. The Morgan fingerprint density at radius 2 is 1.90 bits per heavy atom. The summed E-state index contributed by atoms with van der Waals surface area (Å²) in [4.78, 5) is 4.84. The van der Waals surface area contributed by atoms with Crippen molar-refractivity contribution in [3.63, 3.8) is 0 Å². The molecule has 3 rings (SSSR count). The normalized spacial score (nSPS) is 17.2. The average Bonchev–Trinajstić information content (AvgIpc) is 2.69. The van der Waals surface area contributed by atoms with Gasteiger partial charge in [-0.15, -0.1) is 0 Å². The standard InChI is InChI=1S/C18H27N3/c1-2-13-21-17-12-8-7-11-16(17)20-18(21)14-19-15-9-5-3-4-6-10-15/h7-8,11-12,15,19H,2-6,9-10,13-14H2,1H3. The van der Waals surface area contributed by atoms with Crippen LogP contribution < -0.4 is 5.32 Å². The summed E-state index contributed by atoms with van der Waals surface area (Å²) in [5.74, 6) is 1.20. The highest BCUT2D eigenvalue weighted by Crippen LogP contribution is 2.19. The van der Waals surface area contributed by atoms with E-state index in [4.69, 9.17) is 4.98 Å². The molecule has 0 radical (unpaired) electrons. The van der Waals surface area contributed by atoms with Crippen molar-refractivity contribution in [2.75, 3.05) is 0 Å². The quantitative estimate of drug-likeness (QED) is 0.832. The molecule has 1 aliphatic rings. The molecule has 1 N–H and O–H groups in total. The molecule has 21 heavy (non-hydrogen) atoms. The summed E-state index contributed by atoms with van der Waals surface area (Å²) in [6.07, 6.45) is 9.38. The van der Waals surface area contributed by atoms with Gasteiger partial charge in [-0.3, -0.25) is 0 Å². The Balaban J connectivity index is 1.74. The Morgan fingerprint density at radius 1 is 1.14 bits per heavy atom. The van der Waals surface area contributed by atoms with Crippen LogP contribution in [0, 0.1) is 0 Å². The molecule has 0 bridgehead atoms. The lowest BCUT2D eigenvalue weighted by Crippen LogP contribution is -2.29. The van der Waals surface area contributed by atoms with E-state index in [9.17, 15) is 0 Å². The summed E-state index contributed by atoms with van der Waals surface area (Å²) in [6, 6.07) is 9.18. The maximum absolute atomic E-state index is 4.84. The first-order chi connectivity index (χ1) is 10.4. The van der Waals surface area contributed by atoms with Crippen LogP contribution in [0.25, 0.3) is 11.0 Å². The molecule has 0 amide bonds. The molecule has 1 aromatic heterocycles. The van der Waals surface area contributed by atoms with Gasteiger partial charge in [0.15, 0.2) is 0 Å². The fourth-order valence-electron chi connectivity index (χ4n) is 3.45. The molecule has 3 heteroatoms. The zero-order valence-corrected chi connectivity index (χ0v) is 13.1. The van der Waals surface area contributed by atoms with E-state index >= 15 is 0 Å². The Bertz CT molecular complexity index is 565. The number of para-hydroxylation sites is 2. The molecule has 0 atom stereocenters. The van der Waals surface area contributed by atoms with Gasteiger partial charge in [-0.2, -0.15) is 0 Å². The summed E-state index contributed by atoms with van der Waals surface area (Å²) < 4.78 is 2.39. The van der Waals surface area contributed by atoms with Crippen LogP contribution in [0.1, 0.15) is 57.7 Å². The number of hydrogen-bond acceptors (Lipinski definition) is 2. The van der Waals surface area contributed by atoms with E-state index in [2.05, 4.69) is 41.1 Å². The van der Waals surface area contributed by atoms with E-state index in [0.717, 1.165) is 25.0 Å². The Labute approximate surface area is 127 Å². The maximum Gasteiger partial charge on any atom is 0.123 e. The van der Waals surface area contributed by atoms with Crippen LogP contribution >= 0.6 is 0 Å². The lowest BCUT2D eigenvalue weighted by atomic mass is 10.1. The molecule has 1 heterocycles. The third-order valence-corrected chi connectivity index (χ3v) is 4.58. The third kappa shape index (κ3) is 3.46. The number of rotatable bonds is 5. The van der Waals surface area contributed by atoms with Crippen molar-refractivity contribution in [3.05, 3.63) is 30.1 Å². The Hall–Kier alpha value is -1.35. The minimum Gasteiger partial charge on any atom is -0.327 e. The van der Waals surface area contributed by atoms with Crippen molar-refractivity contribution in [3.8, 4) is 0 Å². The number of fused-ring (bicyclic) bond motifs is 1. The molecule has 0 saturated heterocycles. The fraction of sp³-hybridized carbons (Fsp3) is 0.611. The van der Waals surface area contributed by atoms with Crippen LogP contribution in [0.3, 0.4) is 0 Å². The molecule has 3 nitrogen and oxygen atoms in total. The minimum atomic E-state index is 0.683. The second-order valence-electron chi connectivity index (χ2n) is 6.24. The van der Waals surface area contributed by atoms with Crippen molar-refractivity contribution in [2.45, 2.75) is 71.0 Å². The monoisotopic (exact) mass is 285 g/mol. The van der Waals surface area contributed by atoms with E-state index < -0.39 is 0 Å². The summed E-state index contributed by atoms with van der Waals surface area (Å²) in [5.41, 5.74) is 2.40.